The number of phenols is 2. The second-order valence-corrected chi connectivity index (χ2v) is 21.0. The van der Waals surface area contributed by atoms with Gasteiger partial charge in [-0.05, 0) is 53.3 Å². The molecule has 466 valence electrons. The number of carbonyl (C=O) groups excluding carboxylic acids is 11. The Balaban J connectivity index is 1.90. The number of carboxylic acid groups (broad SMARTS) is 2. The number of nitrogens with one attached hydrogen (secondary N) is 9. The zero-order valence-electron chi connectivity index (χ0n) is 46.8. The monoisotopic (exact) mass is 1240 g/mol. The highest BCUT2D eigenvalue weighted by Crippen LogP contribution is 2.18. The lowest BCUT2D eigenvalue weighted by molar-refractivity contribution is -0.155. The Morgan fingerprint density at radius 3 is 1.17 bits per heavy atom. The van der Waals surface area contributed by atoms with Crippen LogP contribution < -0.4 is 47.9 Å². The van der Waals surface area contributed by atoms with E-state index in [0.29, 0.717) is 16.0 Å². The SMILES string of the molecule is CC(=O)N1C(=O)[C@H](CC(=O)O)NC(=O)[C@H](CC(C)C)NC(=O)[C@H](Cc2ccc(O)cc2)NC(=O)[C@H](CS)NC(=O)[C@H](CO)NC(=O)[C@H](Cc2ccc(O)cc2)NC(=O)[C@H](CC(=O)O)NC(=O)[C@H](CO)NC(=O)[C@H](CS)NC(=O)[C@@H]1Cc1ccccc1. The van der Waals surface area contributed by atoms with Crippen molar-refractivity contribution in [3.8, 4) is 11.5 Å². The van der Waals surface area contributed by atoms with Crippen molar-refractivity contribution in [2.75, 3.05) is 24.7 Å². The molecule has 1 aliphatic rings. The molecule has 0 radical (unpaired) electrons. The van der Waals surface area contributed by atoms with Crippen molar-refractivity contribution in [2.24, 2.45) is 5.92 Å². The van der Waals surface area contributed by atoms with Crippen molar-refractivity contribution in [1.82, 2.24) is 52.8 Å². The molecule has 15 N–H and O–H groups in total. The number of aliphatic hydroxyl groups excluding tert-OH is 2. The predicted molar refractivity (Wildman–Crippen MR) is 308 cm³/mol. The molecular formula is C55H70N10O19S2. The van der Waals surface area contributed by atoms with Crippen LogP contribution >= 0.6 is 25.3 Å². The van der Waals surface area contributed by atoms with E-state index in [1.807, 2.05) is 0 Å². The first kappa shape index (κ1) is 69.7. The fourth-order valence-electron chi connectivity index (χ4n) is 8.67. The second-order valence-electron chi connectivity index (χ2n) is 20.3. The summed E-state index contributed by atoms with van der Waals surface area (Å²) in [6, 6.07) is -0.554. The molecule has 3 aromatic carbocycles. The van der Waals surface area contributed by atoms with Crippen LogP contribution in [0.15, 0.2) is 78.9 Å². The molecule has 4 rings (SSSR count). The van der Waals surface area contributed by atoms with Crippen LogP contribution in [0.25, 0.3) is 0 Å². The molecule has 1 saturated heterocycles. The van der Waals surface area contributed by atoms with Crippen molar-refractivity contribution < 1.29 is 93.0 Å². The van der Waals surface area contributed by atoms with Gasteiger partial charge in [-0.25, -0.2) is 0 Å². The van der Waals surface area contributed by atoms with Crippen molar-refractivity contribution in [1.29, 1.82) is 0 Å². The molecule has 3 aromatic rings. The summed E-state index contributed by atoms with van der Waals surface area (Å²) >= 11 is 8.36. The van der Waals surface area contributed by atoms with Crippen LogP contribution in [-0.4, -0.2) is 198 Å². The molecule has 0 unspecified atom stereocenters. The van der Waals surface area contributed by atoms with Gasteiger partial charge in [0.05, 0.1) is 26.1 Å². The number of carbonyl (C=O) groups is 13. The van der Waals surface area contributed by atoms with Gasteiger partial charge in [0.2, 0.25) is 59.1 Å². The first-order chi connectivity index (χ1) is 40.7. The normalized spacial score (nSPS) is 24.1. The molecule has 31 heteroatoms. The van der Waals surface area contributed by atoms with E-state index in [1.54, 1.807) is 32.0 Å². The summed E-state index contributed by atoms with van der Waals surface area (Å²) in [5, 5.41) is 81.3. The average Bonchev–Trinajstić information content (AvgIpc) is 1.92. The number of hydrogen-bond donors (Lipinski definition) is 17. The zero-order chi connectivity index (χ0) is 63.9. The summed E-state index contributed by atoms with van der Waals surface area (Å²) < 4.78 is 0. The van der Waals surface area contributed by atoms with E-state index in [4.69, 9.17) is 0 Å². The third-order valence-electron chi connectivity index (χ3n) is 13.1. The highest BCUT2D eigenvalue weighted by molar-refractivity contribution is 7.80. The number of thiol groups is 2. The maximum Gasteiger partial charge on any atom is 0.305 e. The minimum Gasteiger partial charge on any atom is -0.508 e. The van der Waals surface area contributed by atoms with Gasteiger partial charge in [0.1, 0.15) is 71.9 Å². The molecule has 0 aromatic heterocycles. The van der Waals surface area contributed by atoms with Gasteiger partial charge < -0.3 is 78.5 Å². The smallest absolute Gasteiger partial charge is 0.305 e. The predicted octanol–water partition coefficient (Wildman–Crippen LogP) is -3.91. The van der Waals surface area contributed by atoms with Gasteiger partial charge in [-0.3, -0.25) is 67.2 Å². The number of aliphatic hydroxyl groups is 2. The maximum absolute atomic E-state index is 14.8. The largest absolute Gasteiger partial charge is 0.508 e. The van der Waals surface area contributed by atoms with Gasteiger partial charge in [-0.1, -0.05) is 68.4 Å². The summed E-state index contributed by atoms with van der Waals surface area (Å²) in [5.41, 5.74) is 0.887. The Bertz CT molecular complexity index is 2940. The third-order valence-corrected chi connectivity index (χ3v) is 13.8. The molecule has 1 aliphatic heterocycles. The number of rotatable bonds is 16. The first-order valence-corrected chi connectivity index (χ1v) is 28.0. The van der Waals surface area contributed by atoms with E-state index in [9.17, 15) is 93.0 Å². The molecule has 1 heterocycles. The number of nitrogens with zero attached hydrogens (tertiary/aromatic N) is 1. The van der Waals surface area contributed by atoms with Gasteiger partial charge >= 0.3 is 11.9 Å². The van der Waals surface area contributed by atoms with Crippen LogP contribution in [0.5, 0.6) is 11.5 Å². The van der Waals surface area contributed by atoms with Crippen molar-refractivity contribution in [3.05, 3.63) is 95.6 Å². The molecule has 29 nitrogen and oxygen atoms in total. The number of hydrogen-bond acceptors (Lipinski definition) is 19. The Morgan fingerprint density at radius 2 is 0.767 bits per heavy atom. The topological polar surface area (TPSA) is 455 Å². The van der Waals surface area contributed by atoms with Gasteiger partial charge in [-0.15, -0.1) is 0 Å². The van der Waals surface area contributed by atoms with Gasteiger partial charge in [0.15, 0.2) is 0 Å². The standard InChI is InChI=1S/C55H70N10O19S2/c1-27(2)17-34-46(75)60-38(22-45(73)74)55(84)65(28(3)68)43(20-29-7-5-4-6-8-29)54(83)64-42(26-86)53(82)62-39(23-66)50(79)59-37(21-44(71)72)49(78)57-36(19-31-11-15-33(70)16-12-31)48(77)61-40(24-67)51(80)63-41(25-85)52(81)58-35(47(76)56-34)18-30-9-13-32(69)14-10-30/h4-16,27,34-43,66-67,69-70,85-86H,17-26H2,1-3H3,(H,56,76)(H,57,78)(H,58,81)(H,59,79)(H,60,75)(H,61,77)(H,62,82)(H,63,80)(H,64,83)(H,71,72)(H,73,74)/t34-,35-,36-,37-,38-,39-,40-,41-,42-,43-/m0/s1. The molecular weight excluding hydrogens is 1170 g/mol. The molecule has 0 saturated carbocycles. The molecule has 10 atom stereocenters. The molecule has 0 aliphatic carbocycles. The molecule has 1 fully saturated rings. The van der Waals surface area contributed by atoms with E-state index < -0.39 is 194 Å². The van der Waals surface area contributed by atoms with Gasteiger partial charge in [0.25, 0.3) is 5.91 Å². The first-order valence-electron chi connectivity index (χ1n) is 26.7. The second kappa shape index (κ2) is 33.6. The minimum absolute atomic E-state index is 0.173. The Labute approximate surface area is 503 Å². The van der Waals surface area contributed by atoms with E-state index >= 15 is 0 Å². The molecule has 86 heavy (non-hydrogen) atoms. The van der Waals surface area contributed by atoms with Gasteiger partial charge in [-0.2, -0.15) is 25.3 Å². The Hall–Kier alpha value is -8.81. The van der Waals surface area contributed by atoms with E-state index in [2.05, 4.69) is 73.1 Å². The number of aliphatic carboxylic acids is 2. The molecule has 0 spiro atoms. The molecule has 11 amide bonds. The summed E-state index contributed by atoms with van der Waals surface area (Å²) in [7, 11) is 0. The third kappa shape index (κ3) is 21.4. The minimum atomic E-state index is -2.16. The van der Waals surface area contributed by atoms with E-state index in [-0.39, 0.29) is 29.9 Å². The highest BCUT2D eigenvalue weighted by atomic mass is 32.1. The summed E-state index contributed by atoms with van der Waals surface area (Å²) in [5.74, 6) is -19.0. The van der Waals surface area contributed by atoms with E-state index in [1.165, 1.54) is 60.7 Å². The number of imide groups is 1. The van der Waals surface area contributed by atoms with Crippen LogP contribution in [0.2, 0.25) is 0 Å². The Morgan fingerprint density at radius 1 is 0.442 bits per heavy atom. The highest BCUT2D eigenvalue weighted by Gasteiger charge is 2.42. The lowest BCUT2D eigenvalue weighted by atomic mass is 9.99. The van der Waals surface area contributed by atoms with Crippen molar-refractivity contribution >= 4 is 102 Å². The lowest BCUT2D eigenvalue weighted by Crippen LogP contribution is -2.63. The summed E-state index contributed by atoms with van der Waals surface area (Å²) in [6.07, 6.45) is -3.94. The molecule has 0 bridgehead atoms. The fraction of sp³-hybridized carbons (Fsp3) is 0.436. The van der Waals surface area contributed by atoms with Crippen LogP contribution in [0, 0.1) is 5.92 Å². The zero-order valence-corrected chi connectivity index (χ0v) is 48.5. The van der Waals surface area contributed by atoms with E-state index in [0.717, 1.165) is 6.92 Å². The van der Waals surface area contributed by atoms with Crippen LogP contribution in [0.3, 0.4) is 0 Å². The van der Waals surface area contributed by atoms with Crippen molar-refractivity contribution in [3.63, 3.8) is 0 Å². The fourth-order valence-corrected chi connectivity index (χ4v) is 9.19. The lowest BCUT2D eigenvalue weighted by Gasteiger charge is -2.33. The van der Waals surface area contributed by atoms with Crippen LogP contribution in [0.4, 0.5) is 0 Å². The number of phenolic OH excluding ortho intramolecular Hbond substituents is 2. The number of benzene rings is 3. The maximum atomic E-state index is 14.8. The van der Waals surface area contributed by atoms with Crippen LogP contribution in [-0.2, 0) is 81.6 Å². The number of amides is 11. The Kier molecular flexibility index (Phi) is 27.2. The number of aromatic hydroxyl groups is 2. The quantitative estimate of drug-likeness (QED) is 0.0609. The summed E-state index contributed by atoms with van der Waals surface area (Å²) in [6.45, 7) is 1.74. The van der Waals surface area contributed by atoms with Crippen LogP contribution in [0.1, 0.15) is 56.7 Å². The average molecular weight is 1240 g/mol. The van der Waals surface area contributed by atoms with Crippen molar-refractivity contribution in [2.45, 2.75) is 120 Å². The van der Waals surface area contributed by atoms with Gasteiger partial charge in [0, 0.05) is 37.7 Å². The summed E-state index contributed by atoms with van der Waals surface area (Å²) in [4.78, 5) is 181. The number of carboxylic acids is 2.